The standard InChI is InChI=1S/C30H34FN3O2/c31-25-10-11-28-24(20-25)22-36-30-9-2-1-8-29(30)34(28)21-27-7-4-13-32(27)14-12-23-5-3-6-26(19-23)33-15-17-35-18-16-33/h1-3,5-6,8-11,19-20,27H,4,7,12-18,21-22H2. The number of nitrogens with zero attached hydrogens (tertiary/aromatic N) is 3. The van der Waals surface area contributed by atoms with E-state index in [1.54, 1.807) is 12.1 Å². The van der Waals surface area contributed by atoms with E-state index in [1.165, 1.54) is 24.1 Å². The van der Waals surface area contributed by atoms with E-state index in [0.29, 0.717) is 12.6 Å². The summed E-state index contributed by atoms with van der Waals surface area (Å²) in [6.07, 6.45) is 3.42. The van der Waals surface area contributed by atoms with Crippen LogP contribution in [-0.2, 0) is 17.8 Å². The number of likely N-dealkylation sites (tertiary alicyclic amines) is 1. The summed E-state index contributed by atoms with van der Waals surface area (Å²) in [5.41, 5.74) is 5.70. The Hall–Kier alpha value is -3.09. The molecule has 6 rings (SSSR count). The number of hydrogen-bond acceptors (Lipinski definition) is 5. The van der Waals surface area contributed by atoms with Crippen LogP contribution in [0.4, 0.5) is 21.5 Å². The van der Waals surface area contributed by atoms with Gasteiger partial charge in [-0.1, -0.05) is 24.3 Å². The van der Waals surface area contributed by atoms with E-state index in [2.05, 4.69) is 51.1 Å². The monoisotopic (exact) mass is 487 g/mol. The minimum Gasteiger partial charge on any atom is -0.487 e. The van der Waals surface area contributed by atoms with Crippen molar-refractivity contribution in [3.8, 4) is 5.75 Å². The van der Waals surface area contributed by atoms with Crippen molar-refractivity contribution in [2.75, 3.05) is 55.7 Å². The van der Waals surface area contributed by atoms with Crippen LogP contribution in [0, 0.1) is 5.82 Å². The molecule has 0 N–H and O–H groups in total. The van der Waals surface area contributed by atoms with Crippen molar-refractivity contribution in [3.05, 3.63) is 83.7 Å². The molecule has 5 nitrogen and oxygen atoms in total. The number of morpholine rings is 1. The van der Waals surface area contributed by atoms with Gasteiger partial charge in [0.05, 0.1) is 18.9 Å². The van der Waals surface area contributed by atoms with Crippen molar-refractivity contribution >= 4 is 17.1 Å². The fourth-order valence-electron chi connectivity index (χ4n) is 5.83. The average Bonchev–Trinajstić information content (AvgIpc) is 3.31. The first kappa shape index (κ1) is 23.3. The lowest BCUT2D eigenvalue weighted by atomic mass is 10.1. The van der Waals surface area contributed by atoms with Crippen LogP contribution in [0.15, 0.2) is 66.7 Å². The average molecular weight is 488 g/mol. The van der Waals surface area contributed by atoms with E-state index in [1.807, 2.05) is 18.2 Å². The number of para-hydroxylation sites is 2. The van der Waals surface area contributed by atoms with E-state index in [-0.39, 0.29) is 5.82 Å². The van der Waals surface area contributed by atoms with Crippen molar-refractivity contribution < 1.29 is 13.9 Å². The van der Waals surface area contributed by atoms with Crippen molar-refractivity contribution in [1.29, 1.82) is 0 Å². The minimum absolute atomic E-state index is 0.218. The first-order chi connectivity index (χ1) is 17.7. The Morgan fingerprint density at radius 1 is 0.889 bits per heavy atom. The summed E-state index contributed by atoms with van der Waals surface area (Å²) < 4.78 is 25.7. The van der Waals surface area contributed by atoms with Crippen molar-refractivity contribution in [2.24, 2.45) is 0 Å². The molecule has 6 heteroatoms. The highest BCUT2D eigenvalue weighted by atomic mass is 19.1. The van der Waals surface area contributed by atoms with E-state index in [4.69, 9.17) is 9.47 Å². The lowest BCUT2D eigenvalue weighted by molar-refractivity contribution is 0.122. The van der Waals surface area contributed by atoms with E-state index in [9.17, 15) is 4.39 Å². The summed E-state index contributed by atoms with van der Waals surface area (Å²) in [6.45, 7) is 6.95. The van der Waals surface area contributed by atoms with E-state index < -0.39 is 0 Å². The minimum atomic E-state index is -0.218. The molecule has 1 atom stereocenters. The molecule has 2 saturated heterocycles. The number of halogens is 1. The van der Waals surface area contributed by atoms with Crippen LogP contribution in [-0.4, -0.2) is 56.9 Å². The Labute approximate surface area is 213 Å². The summed E-state index contributed by atoms with van der Waals surface area (Å²) >= 11 is 0. The Kier molecular flexibility index (Phi) is 6.79. The van der Waals surface area contributed by atoms with Gasteiger partial charge in [0.25, 0.3) is 0 Å². The lowest BCUT2D eigenvalue weighted by Gasteiger charge is -2.33. The van der Waals surface area contributed by atoms with Crippen LogP contribution < -0.4 is 14.5 Å². The molecule has 0 saturated carbocycles. The molecule has 3 aromatic carbocycles. The zero-order chi connectivity index (χ0) is 24.3. The molecule has 3 aliphatic rings. The van der Waals surface area contributed by atoms with Crippen LogP contribution in [0.3, 0.4) is 0 Å². The highest BCUT2D eigenvalue weighted by molar-refractivity contribution is 5.73. The molecular formula is C30H34FN3O2. The zero-order valence-corrected chi connectivity index (χ0v) is 20.7. The first-order valence-electron chi connectivity index (χ1n) is 13.2. The molecule has 3 aliphatic heterocycles. The Morgan fingerprint density at radius 3 is 2.69 bits per heavy atom. The number of rotatable bonds is 6. The summed E-state index contributed by atoms with van der Waals surface area (Å²) in [7, 11) is 0. The second-order valence-electron chi connectivity index (χ2n) is 9.99. The van der Waals surface area contributed by atoms with Gasteiger partial charge in [0.2, 0.25) is 0 Å². The van der Waals surface area contributed by atoms with Crippen LogP contribution in [0.5, 0.6) is 5.75 Å². The molecule has 0 aliphatic carbocycles. The quantitative estimate of drug-likeness (QED) is 0.464. The maximum atomic E-state index is 14.1. The number of ether oxygens (including phenoxy) is 2. The maximum absolute atomic E-state index is 14.1. The van der Waals surface area contributed by atoms with Gasteiger partial charge in [-0.15, -0.1) is 0 Å². The highest BCUT2D eigenvalue weighted by Crippen LogP contribution is 2.40. The van der Waals surface area contributed by atoms with Gasteiger partial charge in [0.15, 0.2) is 0 Å². The predicted octanol–water partition coefficient (Wildman–Crippen LogP) is 5.40. The third-order valence-electron chi connectivity index (χ3n) is 7.74. The summed E-state index contributed by atoms with van der Waals surface area (Å²) in [4.78, 5) is 7.41. The molecule has 188 valence electrons. The molecular weight excluding hydrogens is 453 g/mol. The summed E-state index contributed by atoms with van der Waals surface area (Å²) in [6, 6.07) is 22.7. The number of anilines is 3. The number of hydrogen-bond donors (Lipinski definition) is 0. The van der Waals surface area contributed by atoms with E-state index >= 15 is 0 Å². The second kappa shape index (κ2) is 10.5. The topological polar surface area (TPSA) is 28.2 Å². The SMILES string of the molecule is Fc1ccc2c(c1)COc1ccccc1N2CC1CCCN1CCc1cccc(N2CCOCC2)c1. The van der Waals surface area contributed by atoms with Crippen LogP contribution in [0.2, 0.25) is 0 Å². The summed E-state index contributed by atoms with van der Waals surface area (Å²) in [5, 5.41) is 0. The molecule has 1 unspecified atom stereocenters. The molecule has 0 radical (unpaired) electrons. The van der Waals surface area contributed by atoms with Crippen molar-refractivity contribution in [1.82, 2.24) is 4.90 Å². The lowest BCUT2D eigenvalue weighted by Crippen LogP contribution is -2.39. The third kappa shape index (κ3) is 4.93. The van der Waals surface area contributed by atoms with Gasteiger partial charge in [-0.25, -0.2) is 4.39 Å². The molecule has 0 spiro atoms. The van der Waals surface area contributed by atoms with Crippen molar-refractivity contribution in [2.45, 2.75) is 31.9 Å². The highest BCUT2D eigenvalue weighted by Gasteiger charge is 2.30. The third-order valence-corrected chi connectivity index (χ3v) is 7.74. The van der Waals surface area contributed by atoms with Gasteiger partial charge in [0.1, 0.15) is 18.2 Å². The van der Waals surface area contributed by atoms with Crippen LogP contribution in [0.25, 0.3) is 0 Å². The molecule has 2 fully saturated rings. The summed E-state index contributed by atoms with van der Waals surface area (Å²) in [5.74, 6) is 0.642. The van der Waals surface area contributed by atoms with Gasteiger partial charge in [-0.3, -0.25) is 4.90 Å². The van der Waals surface area contributed by atoms with E-state index in [0.717, 1.165) is 75.0 Å². The Balaban J connectivity index is 1.18. The largest absolute Gasteiger partial charge is 0.487 e. The molecule has 3 heterocycles. The predicted molar refractivity (Wildman–Crippen MR) is 142 cm³/mol. The molecule has 36 heavy (non-hydrogen) atoms. The van der Waals surface area contributed by atoms with Gasteiger partial charge >= 0.3 is 0 Å². The fraction of sp³-hybridized carbons (Fsp3) is 0.400. The van der Waals surface area contributed by atoms with Gasteiger partial charge in [0, 0.05) is 49.2 Å². The van der Waals surface area contributed by atoms with Gasteiger partial charge < -0.3 is 19.3 Å². The number of fused-ring (bicyclic) bond motifs is 2. The Bertz CT molecular complexity index is 1200. The normalized spacial score (nSPS) is 20.0. The zero-order valence-electron chi connectivity index (χ0n) is 20.7. The van der Waals surface area contributed by atoms with Crippen molar-refractivity contribution in [3.63, 3.8) is 0 Å². The molecule has 0 aromatic heterocycles. The van der Waals surface area contributed by atoms with Gasteiger partial charge in [-0.2, -0.15) is 0 Å². The fourth-order valence-corrected chi connectivity index (χ4v) is 5.83. The van der Waals surface area contributed by atoms with Crippen LogP contribution >= 0.6 is 0 Å². The Morgan fingerprint density at radius 2 is 1.78 bits per heavy atom. The first-order valence-corrected chi connectivity index (χ1v) is 13.2. The van der Waals surface area contributed by atoms with Gasteiger partial charge in [-0.05, 0) is 73.8 Å². The molecule has 0 amide bonds. The second-order valence-corrected chi connectivity index (χ2v) is 9.99. The number of benzene rings is 3. The van der Waals surface area contributed by atoms with Crippen LogP contribution in [0.1, 0.15) is 24.0 Å². The molecule has 3 aromatic rings. The molecule has 0 bridgehead atoms. The maximum Gasteiger partial charge on any atom is 0.143 e. The smallest absolute Gasteiger partial charge is 0.143 e.